The van der Waals surface area contributed by atoms with Gasteiger partial charge in [0.2, 0.25) is 0 Å². The van der Waals surface area contributed by atoms with Crippen molar-refractivity contribution in [2.75, 3.05) is 0 Å². The molecule has 0 radical (unpaired) electrons. The molecule has 0 aliphatic rings. The molecule has 2 heteroatoms. The Morgan fingerprint density at radius 2 is 1.60 bits per heavy atom. The minimum absolute atomic E-state index is 0.140. The van der Waals surface area contributed by atoms with Crippen LogP contribution >= 0.6 is 15.9 Å². The van der Waals surface area contributed by atoms with E-state index in [0.29, 0.717) is 5.75 Å². The Morgan fingerprint density at radius 1 is 1.00 bits per heavy atom. The Bertz CT molecular complexity index is 398. The van der Waals surface area contributed by atoms with Gasteiger partial charge in [0.25, 0.3) is 0 Å². The highest BCUT2D eigenvalue weighted by Gasteiger charge is 2.20. The summed E-state index contributed by atoms with van der Waals surface area (Å²) in [6.45, 7) is 6.80. The molecule has 1 N–H and O–H groups in total. The van der Waals surface area contributed by atoms with E-state index in [9.17, 15) is 5.11 Å². The third-order valence-corrected chi connectivity index (χ3v) is 4.80. The summed E-state index contributed by atoms with van der Waals surface area (Å²) in [7, 11) is 0. The lowest BCUT2D eigenvalue weighted by atomic mass is 9.80. The van der Waals surface area contributed by atoms with Gasteiger partial charge in [-0.05, 0) is 45.5 Å². The molecular weight excluding hydrogens is 312 g/mol. The van der Waals surface area contributed by atoms with Crippen molar-refractivity contribution in [3.05, 3.63) is 28.2 Å². The zero-order valence-corrected chi connectivity index (χ0v) is 14.8. The predicted molar refractivity (Wildman–Crippen MR) is 91.4 cm³/mol. The van der Waals surface area contributed by atoms with Gasteiger partial charge in [0.15, 0.2) is 0 Å². The first-order chi connectivity index (χ1) is 9.47. The first-order valence-electron chi connectivity index (χ1n) is 7.96. The molecule has 1 aromatic carbocycles. The number of hydrogen-bond donors (Lipinski definition) is 1. The first-order valence-corrected chi connectivity index (χ1v) is 8.75. The van der Waals surface area contributed by atoms with Crippen molar-refractivity contribution in [2.45, 2.75) is 77.6 Å². The first kappa shape index (κ1) is 17.6. The fourth-order valence-corrected chi connectivity index (χ4v) is 2.85. The average Bonchev–Trinajstić information content (AvgIpc) is 2.40. The van der Waals surface area contributed by atoms with Crippen molar-refractivity contribution in [3.63, 3.8) is 0 Å². The Kier molecular flexibility index (Phi) is 7.65. The largest absolute Gasteiger partial charge is 0.507 e. The van der Waals surface area contributed by atoms with E-state index in [4.69, 9.17) is 0 Å². The van der Waals surface area contributed by atoms with Gasteiger partial charge in [0.1, 0.15) is 5.75 Å². The second kappa shape index (κ2) is 8.71. The van der Waals surface area contributed by atoms with Crippen molar-refractivity contribution in [3.8, 4) is 5.75 Å². The molecule has 0 spiro atoms. The molecule has 1 aromatic rings. The maximum atomic E-state index is 9.81. The van der Waals surface area contributed by atoms with E-state index in [1.54, 1.807) is 0 Å². The number of benzene rings is 1. The van der Waals surface area contributed by atoms with Crippen LogP contribution in [0.15, 0.2) is 22.7 Å². The highest BCUT2D eigenvalue weighted by Crippen LogP contribution is 2.34. The van der Waals surface area contributed by atoms with Crippen LogP contribution in [-0.2, 0) is 5.41 Å². The van der Waals surface area contributed by atoms with E-state index in [1.807, 2.05) is 12.1 Å². The Balaban J connectivity index is 2.35. The van der Waals surface area contributed by atoms with Gasteiger partial charge in [-0.3, -0.25) is 0 Å². The molecule has 20 heavy (non-hydrogen) atoms. The number of unbranched alkanes of at least 4 members (excludes halogenated alkanes) is 6. The molecule has 0 saturated heterocycles. The van der Waals surface area contributed by atoms with Crippen LogP contribution < -0.4 is 0 Å². The molecule has 0 saturated carbocycles. The zero-order chi connectivity index (χ0) is 15.0. The number of phenolic OH excluding ortho intramolecular Hbond substituents is 1. The summed E-state index contributed by atoms with van der Waals surface area (Å²) < 4.78 is 0.771. The van der Waals surface area contributed by atoms with Crippen LogP contribution in [0, 0.1) is 0 Å². The van der Waals surface area contributed by atoms with Crippen molar-refractivity contribution >= 4 is 15.9 Å². The standard InChI is InChI=1S/C18H29BrO/c1-4-5-6-7-8-9-10-13-18(2,3)15-11-12-16(19)17(20)14-15/h11-12,14,20H,4-10,13H2,1-3H3. The smallest absolute Gasteiger partial charge is 0.130 e. The average molecular weight is 341 g/mol. The van der Waals surface area contributed by atoms with Crippen LogP contribution in [0.3, 0.4) is 0 Å². The lowest BCUT2D eigenvalue weighted by Gasteiger charge is -2.25. The molecule has 0 heterocycles. The van der Waals surface area contributed by atoms with Crippen LogP contribution in [-0.4, -0.2) is 5.11 Å². The van der Waals surface area contributed by atoms with E-state index in [0.717, 1.165) is 4.47 Å². The fourth-order valence-electron chi connectivity index (χ4n) is 2.60. The number of halogens is 1. The lowest BCUT2D eigenvalue weighted by molar-refractivity contribution is 0.433. The van der Waals surface area contributed by atoms with Crippen molar-refractivity contribution in [1.29, 1.82) is 0 Å². The highest BCUT2D eigenvalue weighted by atomic mass is 79.9. The predicted octanol–water partition coefficient (Wildman–Crippen LogP) is 6.57. The Labute approximate surface area is 132 Å². The van der Waals surface area contributed by atoms with Gasteiger partial charge < -0.3 is 5.11 Å². The van der Waals surface area contributed by atoms with Crippen molar-refractivity contribution < 1.29 is 5.11 Å². The van der Waals surface area contributed by atoms with Crippen LogP contribution in [0.25, 0.3) is 0 Å². The Hall–Kier alpha value is -0.500. The molecule has 0 unspecified atom stereocenters. The van der Waals surface area contributed by atoms with E-state index >= 15 is 0 Å². The molecule has 0 amide bonds. The van der Waals surface area contributed by atoms with Gasteiger partial charge >= 0.3 is 0 Å². The molecule has 0 fully saturated rings. The maximum Gasteiger partial charge on any atom is 0.130 e. The quantitative estimate of drug-likeness (QED) is 0.503. The van der Waals surface area contributed by atoms with E-state index in [2.05, 4.69) is 42.8 Å². The SMILES string of the molecule is CCCCCCCCCC(C)(C)c1ccc(Br)c(O)c1. The summed E-state index contributed by atoms with van der Waals surface area (Å²) in [5.74, 6) is 0.343. The molecule has 0 atom stereocenters. The van der Waals surface area contributed by atoms with Crippen molar-refractivity contribution in [1.82, 2.24) is 0 Å². The third kappa shape index (κ3) is 5.87. The summed E-state index contributed by atoms with van der Waals surface area (Å²) in [4.78, 5) is 0. The number of rotatable bonds is 9. The molecule has 0 aliphatic carbocycles. The zero-order valence-electron chi connectivity index (χ0n) is 13.2. The summed E-state index contributed by atoms with van der Waals surface area (Å²) in [6.07, 6.45) is 10.6. The monoisotopic (exact) mass is 340 g/mol. The lowest BCUT2D eigenvalue weighted by Crippen LogP contribution is -2.16. The van der Waals surface area contributed by atoms with E-state index < -0.39 is 0 Å². The highest BCUT2D eigenvalue weighted by molar-refractivity contribution is 9.10. The van der Waals surface area contributed by atoms with Gasteiger partial charge in [0.05, 0.1) is 4.47 Å². The third-order valence-electron chi connectivity index (χ3n) is 4.13. The maximum absolute atomic E-state index is 9.81. The fraction of sp³-hybridized carbons (Fsp3) is 0.667. The van der Waals surface area contributed by atoms with Crippen molar-refractivity contribution in [2.24, 2.45) is 0 Å². The molecule has 0 aliphatic heterocycles. The molecule has 114 valence electrons. The minimum Gasteiger partial charge on any atom is -0.507 e. The summed E-state index contributed by atoms with van der Waals surface area (Å²) >= 11 is 3.34. The van der Waals surface area contributed by atoms with Gasteiger partial charge in [-0.25, -0.2) is 0 Å². The van der Waals surface area contributed by atoms with Crippen LogP contribution in [0.5, 0.6) is 5.75 Å². The molecule has 0 bridgehead atoms. The second-order valence-electron chi connectivity index (χ2n) is 6.42. The number of aromatic hydroxyl groups is 1. The minimum atomic E-state index is 0.140. The Morgan fingerprint density at radius 3 is 2.20 bits per heavy atom. The number of hydrogen-bond acceptors (Lipinski definition) is 1. The van der Waals surface area contributed by atoms with Gasteiger partial charge in [-0.1, -0.05) is 71.8 Å². The molecule has 1 nitrogen and oxygen atoms in total. The van der Waals surface area contributed by atoms with Gasteiger partial charge in [-0.2, -0.15) is 0 Å². The topological polar surface area (TPSA) is 20.2 Å². The van der Waals surface area contributed by atoms with Gasteiger partial charge in [-0.15, -0.1) is 0 Å². The summed E-state index contributed by atoms with van der Waals surface area (Å²) in [6, 6.07) is 5.95. The van der Waals surface area contributed by atoms with E-state index in [-0.39, 0.29) is 5.41 Å². The molecule has 1 rings (SSSR count). The molecular formula is C18H29BrO. The van der Waals surface area contributed by atoms with Crippen LogP contribution in [0.2, 0.25) is 0 Å². The number of phenols is 1. The van der Waals surface area contributed by atoms with E-state index in [1.165, 1.54) is 56.9 Å². The normalized spacial score (nSPS) is 11.8. The van der Waals surface area contributed by atoms with Gasteiger partial charge in [0, 0.05) is 0 Å². The van der Waals surface area contributed by atoms with Crippen LogP contribution in [0.4, 0.5) is 0 Å². The summed E-state index contributed by atoms with van der Waals surface area (Å²) in [5.41, 5.74) is 1.37. The van der Waals surface area contributed by atoms with Crippen LogP contribution in [0.1, 0.15) is 77.7 Å². The summed E-state index contributed by atoms with van der Waals surface area (Å²) in [5, 5.41) is 9.81. The molecule has 0 aromatic heterocycles. The second-order valence-corrected chi connectivity index (χ2v) is 7.28.